The second-order valence-corrected chi connectivity index (χ2v) is 4.90. The Hall–Kier alpha value is -0.830. The van der Waals surface area contributed by atoms with Gasteiger partial charge in [-0.2, -0.15) is 0 Å². The maximum atomic E-state index is 11.7. The van der Waals surface area contributed by atoms with Crippen molar-refractivity contribution in [2.75, 3.05) is 7.05 Å². The van der Waals surface area contributed by atoms with Crippen molar-refractivity contribution >= 4 is 17.2 Å². The van der Waals surface area contributed by atoms with Gasteiger partial charge in [0.25, 0.3) is 0 Å². The fraction of sp³-hybridized carbons (Fsp3) is 0.500. The second kappa shape index (κ2) is 2.35. The van der Waals surface area contributed by atoms with Crippen molar-refractivity contribution in [3.8, 4) is 0 Å². The van der Waals surface area contributed by atoms with Crippen molar-refractivity contribution in [3.05, 3.63) is 21.9 Å². The van der Waals surface area contributed by atoms with Crippen LogP contribution in [0.3, 0.4) is 0 Å². The minimum absolute atomic E-state index is 0.279. The first-order chi connectivity index (χ1) is 6.27. The highest BCUT2D eigenvalue weighted by Gasteiger charge is 2.43. The normalized spacial score (nSPS) is 30.8. The van der Waals surface area contributed by atoms with Crippen molar-refractivity contribution in [3.63, 3.8) is 0 Å². The van der Waals surface area contributed by atoms with Crippen LogP contribution in [0, 0.1) is 5.92 Å². The van der Waals surface area contributed by atoms with Crippen molar-refractivity contribution in [1.82, 2.24) is 4.90 Å². The summed E-state index contributed by atoms with van der Waals surface area (Å²) in [7, 11) is 1.93. The molecule has 2 bridgehead atoms. The second-order valence-electron chi connectivity index (χ2n) is 3.90. The topological polar surface area (TPSA) is 20.3 Å². The first-order valence-corrected chi connectivity index (χ1v) is 5.48. The van der Waals surface area contributed by atoms with E-state index in [0.29, 0.717) is 11.9 Å². The Bertz CT molecular complexity index is 367. The van der Waals surface area contributed by atoms with Gasteiger partial charge in [0.1, 0.15) is 0 Å². The summed E-state index contributed by atoms with van der Waals surface area (Å²) >= 11 is 1.80. The number of amides is 1. The molecule has 1 aromatic heterocycles. The molecule has 1 aromatic rings. The van der Waals surface area contributed by atoms with E-state index in [0.717, 1.165) is 12.8 Å². The number of nitrogens with zero attached hydrogens (tertiary/aromatic N) is 1. The van der Waals surface area contributed by atoms with Crippen molar-refractivity contribution in [2.45, 2.75) is 18.9 Å². The minimum Gasteiger partial charge on any atom is -0.338 e. The summed E-state index contributed by atoms with van der Waals surface area (Å²) < 4.78 is 0. The van der Waals surface area contributed by atoms with Gasteiger partial charge in [-0.25, -0.2) is 0 Å². The lowest BCUT2D eigenvalue weighted by atomic mass is 9.90. The summed E-state index contributed by atoms with van der Waals surface area (Å²) in [6.07, 6.45) is 2.02. The van der Waals surface area contributed by atoms with Crippen molar-refractivity contribution < 1.29 is 4.79 Å². The number of carbonyl (C=O) groups excluding carboxylic acids is 1. The first-order valence-electron chi connectivity index (χ1n) is 4.60. The molecule has 0 spiro atoms. The van der Waals surface area contributed by atoms with Crippen LogP contribution in [-0.2, 0) is 11.2 Å². The molecule has 2 unspecified atom stereocenters. The quantitative estimate of drug-likeness (QED) is 0.615. The number of likely N-dealkylation sites (tertiary alicyclic amines) is 1. The smallest absolute Gasteiger partial charge is 0.226 e. The van der Waals surface area contributed by atoms with E-state index < -0.39 is 0 Å². The molecule has 1 aliphatic heterocycles. The van der Waals surface area contributed by atoms with Gasteiger partial charge < -0.3 is 4.90 Å². The molecular weight excluding hydrogens is 182 g/mol. The highest BCUT2D eigenvalue weighted by Crippen LogP contribution is 2.45. The van der Waals surface area contributed by atoms with Gasteiger partial charge >= 0.3 is 0 Å². The Morgan fingerprint density at radius 1 is 1.62 bits per heavy atom. The molecule has 2 aliphatic rings. The zero-order valence-corrected chi connectivity index (χ0v) is 8.30. The Balaban J connectivity index is 2.13. The van der Waals surface area contributed by atoms with Crippen molar-refractivity contribution in [1.29, 1.82) is 0 Å². The zero-order valence-electron chi connectivity index (χ0n) is 7.49. The molecule has 1 fully saturated rings. The lowest BCUT2D eigenvalue weighted by Gasteiger charge is -2.20. The SMILES string of the molecule is CN1C(=O)C2Cc3sccc3C1C2. The number of carbonyl (C=O) groups is 1. The molecule has 1 amide bonds. The Labute approximate surface area is 81.2 Å². The largest absolute Gasteiger partial charge is 0.338 e. The van der Waals surface area contributed by atoms with Crippen LogP contribution in [0.1, 0.15) is 22.9 Å². The van der Waals surface area contributed by atoms with Crippen LogP contribution < -0.4 is 0 Å². The van der Waals surface area contributed by atoms with E-state index in [1.54, 1.807) is 11.3 Å². The van der Waals surface area contributed by atoms with E-state index in [9.17, 15) is 4.79 Å². The van der Waals surface area contributed by atoms with Crippen LogP contribution in [0.2, 0.25) is 0 Å². The summed E-state index contributed by atoms with van der Waals surface area (Å²) in [6.45, 7) is 0. The predicted molar refractivity (Wildman–Crippen MR) is 51.6 cm³/mol. The van der Waals surface area contributed by atoms with Gasteiger partial charge in [0.2, 0.25) is 5.91 Å². The molecular formula is C10H11NOS. The standard InChI is InChI=1S/C10H11NOS/c1-11-8-4-6(10(11)12)5-9-7(8)2-3-13-9/h2-3,6,8H,4-5H2,1H3. The van der Waals surface area contributed by atoms with Crippen LogP contribution in [0.5, 0.6) is 0 Å². The molecule has 0 aromatic carbocycles. The number of hydrogen-bond acceptors (Lipinski definition) is 2. The Morgan fingerprint density at radius 3 is 3.31 bits per heavy atom. The van der Waals surface area contributed by atoms with Gasteiger partial charge in [-0.15, -0.1) is 11.3 Å². The number of fused-ring (bicyclic) bond motifs is 4. The molecule has 3 heteroatoms. The van der Waals surface area contributed by atoms with Gasteiger partial charge in [-0.3, -0.25) is 4.79 Å². The monoisotopic (exact) mass is 193 g/mol. The summed E-state index contributed by atoms with van der Waals surface area (Å²) in [5.41, 5.74) is 1.40. The molecule has 1 saturated heterocycles. The van der Waals surface area contributed by atoms with Gasteiger partial charge in [0.05, 0.1) is 6.04 Å². The summed E-state index contributed by atoms with van der Waals surface area (Å²) in [5, 5.41) is 2.14. The van der Waals surface area contributed by atoms with Crippen LogP contribution in [0.4, 0.5) is 0 Å². The molecule has 0 radical (unpaired) electrons. The number of rotatable bonds is 0. The average Bonchev–Trinajstić information content (AvgIpc) is 2.68. The third-order valence-electron chi connectivity index (χ3n) is 3.24. The maximum Gasteiger partial charge on any atom is 0.226 e. The Morgan fingerprint density at radius 2 is 2.46 bits per heavy atom. The highest BCUT2D eigenvalue weighted by atomic mass is 32.1. The van der Waals surface area contributed by atoms with E-state index in [4.69, 9.17) is 0 Å². The van der Waals surface area contributed by atoms with E-state index in [1.165, 1.54) is 10.4 Å². The van der Waals surface area contributed by atoms with Crippen LogP contribution >= 0.6 is 11.3 Å². The third-order valence-corrected chi connectivity index (χ3v) is 4.20. The highest BCUT2D eigenvalue weighted by molar-refractivity contribution is 7.10. The van der Waals surface area contributed by atoms with Gasteiger partial charge in [0.15, 0.2) is 0 Å². The lowest BCUT2D eigenvalue weighted by molar-refractivity contribution is -0.130. The van der Waals surface area contributed by atoms with Crippen molar-refractivity contribution in [2.24, 2.45) is 5.92 Å². The molecule has 13 heavy (non-hydrogen) atoms. The summed E-state index contributed by atoms with van der Waals surface area (Å²) in [5.74, 6) is 0.620. The predicted octanol–water partition coefficient (Wildman–Crippen LogP) is 1.82. The molecule has 0 saturated carbocycles. The minimum atomic E-state index is 0.279. The van der Waals surface area contributed by atoms with E-state index in [2.05, 4.69) is 11.4 Å². The zero-order chi connectivity index (χ0) is 9.00. The average molecular weight is 193 g/mol. The number of thiophene rings is 1. The van der Waals surface area contributed by atoms with Crippen LogP contribution in [0.15, 0.2) is 11.4 Å². The fourth-order valence-electron chi connectivity index (χ4n) is 2.51. The maximum absolute atomic E-state index is 11.7. The fourth-order valence-corrected chi connectivity index (χ4v) is 3.53. The molecule has 0 N–H and O–H groups in total. The number of hydrogen-bond donors (Lipinski definition) is 0. The van der Waals surface area contributed by atoms with Gasteiger partial charge in [-0.1, -0.05) is 0 Å². The first kappa shape index (κ1) is 7.56. The van der Waals surface area contributed by atoms with Crippen LogP contribution in [-0.4, -0.2) is 17.9 Å². The Kier molecular flexibility index (Phi) is 1.37. The molecule has 2 atom stereocenters. The molecule has 2 nitrogen and oxygen atoms in total. The third kappa shape index (κ3) is 0.854. The molecule has 1 aliphatic carbocycles. The van der Waals surface area contributed by atoms with E-state index in [-0.39, 0.29) is 5.92 Å². The molecule has 3 rings (SSSR count). The van der Waals surface area contributed by atoms with E-state index in [1.807, 2.05) is 11.9 Å². The summed E-state index contributed by atoms with van der Waals surface area (Å²) in [4.78, 5) is 15.0. The van der Waals surface area contributed by atoms with E-state index >= 15 is 0 Å². The molecule has 2 heterocycles. The van der Waals surface area contributed by atoms with Gasteiger partial charge in [0, 0.05) is 17.8 Å². The summed E-state index contributed by atoms with van der Waals surface area (Å²) in [6, 6.07) is 2.56. The van der Waals surface area contributed by atoms with Crippen LogP contribution in [0.25, 0.3) is 0 Å². The lowest BCUT2D eigenvalue weighted by Crippen LogP contribution is -2.23. The van der Waals surface area contributed by atoms with Gasteiger partial charge in [-0.05, 0) is 29.9 Å². The molecule has 68 valence electrons.